The lowest BCUT2D eigenvalue weighted by atomic mass is 10.0. The molecular weight excluding hydrogens is 160 g/mol. The molecule has 1 aromatic rings. The normalized spacial score (nSPS) is 20.7. The van der Waals surface area contributed by atoms with Crippen molar-refractivity contribution in [2.24, 2.45) is 0 Å². The van der Waals surface area contributed by atoms with Crippen molar-refractivity contribution in [3.63, 3.8) is 0 Å². The summed E-state index contributed by atoms with van der Waals surface area (Å²) in [4.78, 5) is 0. The summed E-state index contributed by atoms with van der Waals surface area (Å²) < 4.78 is 5.53. The zero-order chi connectivity index (χ0) is 9.10. The Morgan fingerprint density at radius 2 is 1.92 bits per heavy atom. The van der Waals surface area contributed by atoms with Crippen molar-refractivity contribution in [2.45, 2.75) is 13.0 Å². The van der Waals surface area contributed by atoms with E-state index in [1.165, 1.54) is 11.1 Å². The van der Waals surface area contributed by atoms with Crippen molar-refractivity contribution in [1.29, 1.82) is 0 Å². The summed E-state index contributed by atoms with van der Waals surface area (Å²) in [5, 5.41) is 0. The molecule has 1 heteroatoms. The fourth-order valence-corrected chi connectivity index (χ4v) is 1.48. The molecule has 2 rings (SSSR count). The molecule has 1 nitrogen and oxygen atoms in total. The van der Waals surface area contributed by atoms with Crippen LogP contribution >= 0.6 is 0 Å². The molecule has 0 aliphatic carbocycles. The molecule has 1 aromatic carbocycles. The maximum Gasteiger partial charge on any atom is 0.144 e. The van der Waals surface area contributed by atoms with Gasteiger partial charge in [0.1, 0.15) is 6.10 Å². The highest BCUT2D eigenvalue weighted by atomic mass is 16.5. The fraction of sp³-hybridized carbons (Fsp3) is 0.167. The summed E-state index contributed by atoms with van der Waals surface area (Å²) in [7, 11) is 0. The highest BCUT2D eigenvalue weighted by Gasteiger charge is 2.14. The van der Waals surface area contributed by atoms with Crippen molar-refractivity contribution in [2.75, 3.05) is 0 Å². The number of hydrogen-bond acceptors (Lipinski definition) is 1. The number of allylic oxidation sites excluding steroid dienone is 2. The van der Waals surface area contributed by atoms with Crippen molar-refractivity contribution < 1.29 is 4.74 Å². The lowest BCUT2D eigenvalue weighted by Crippen LogP contribution is -2.04. The standard InChI is InChI=1S/C12H12O/c1-10-6-5-9-13-12(10)11-7-3-2-4-8-11/h2-9,12H,1H3. The number of rotatable bonds is 1. The van der Waals surface area contributed by atoms with Gasteiger partial charge in [-0.05, 0) is 24.1 Å². The van der Waals surface area contributed by atoms with Crippen LogP contribution in [0.5, 0.6) is 0 Å². The van der Waals surface area contributed by atoms with Crippen LogP contribution in [0, 0.1) is 0 Å². The number of benzene rings is 1. The summed E-state index contributed by atoms with van der Waals surface area (Å²) in [6, 6.07) is 10.2. The van der Waals surface area contributed by atoms with Gasteiger partial charge in [-0.25, -0.2) is 0 Å². The van der Waals surface area contributed by atoms with Crippen molar-refractivity contribution in [3.8, 4) is 0 Å². The minimum Gasteiger partial charge on any atom is -0.489 e. The first-order valence-electron chi connectivity index (χ1n) is 4.41. The Labute approximate surface area is 78.3 Å². The topological polar surface area (TPSA) is 9.23 Å². The van der Waals surface area contributed by atoms with Crippen LogP contribution < -0.4 is 0 Å². The van der Waals surface area contributed by atoms with E-state index >= 15 is 0 Å². The van der Waals surface area contributed by atoms with Crippen molar-refractivity contribution in [3.05, 3.63) is 59.9 Å². The van der Waals surface area contributed by atoms with E-state index in [-0.39, 0.29) is 6.10 Å². The highest BCUT2D eigenvalue weighted by molar-refractivity contribution is 5.29. The summed E-state index contributed by atoms with van der Waals surface area (Å²) in [5.41, 5.74) is 2.45. The number of ether oxygens (including phenoxy) is 1. The molecule has 0 radical (unpaired) electrons. The van der Waals surface area contributed by atoms with Crippen LogP contribution in [0.25, 0.3) is 0 Å². The van der Waals surface area contributed by atoms with Crippen LogP contribution in [-0.4, -0.2) is 0 Å². The molecule has 0 spiro atoms. The first-order chi connectivity index (χ1) is 6.38. The van der Waals surface area contributed by atoms with Gasteiger partial charge in [0.2, 0.25) is 0 Å². The van der Waals surface area contributed by atoms with E-state index in [1.54, 1.807) is 6.26 Å². The van der Waals surface area contributed by atoms with E-state index in [0.717, 1.165) is 0 Å². The Kier molecular flexibility index (Phi) is 2.17. The van der Waals surface area contributed by atoms with Crippen LogP contribution in [0.4, 0.5) is 0 Å². The zero-order valence-electron chi connectivity index (χ0n) is 7.60. The molecule has 1 aliphatic rings. The first-order valence-corrected chi connectivity index (χ1v) is 4.41. The zero-order valence-corrected chi connectivity index (χ0v) is 7.60. The predicted molar refractivity (Wildman–Crippen MR) is 53.2 cm³/mol. The van der Waals surface area contributed by atoms with Crippen LogP contribution in [0.15, 0.2) is 54.3 Å². The molecular formula is C12H12O. The van der Waals surface area contributed by atoms with Gasteiger partial charge in [0.15, 0.2) is 0 Å². The Bertz CT molecular complexity index is 335. The van der Waals surface area contributed by atoms with Gasteiger partial charge in [-0.1, -0.05) is 36.4 Å². The summed E-state index contributed by atoms with van der Waals surface area (Å²) in [6.07, 6.45) is 5.85. The molecule has 0 N–H and O–H groups in total. The molecule has 1 heterocycles. The highest BCUT2D eigenvalue weighted by Crippen LogP contribution is 2.27. The largest absolute Gasteiger partial charge is 0.489 e. The molecule has 0 saturated carbocycles. The van der Waals surface area contributed by atoms with E-state index in [9.17, 15) is 0 Å². The van der Waals surface area contributed by atoms with Gasteiger partial charge in [0, 0.05) is 0 Å². The van der Waals surface area contributed by atoms with Crippen molar-refractivity contribution >= 4 is 0 Å². The maximum atomic E-state index is 5.53. The average Bonchev–Trinajstić information content (AvgIpc) is 2.20. The molecule has 13 heavy (non-hydrogen) atoms. The lowest BCUT2D eigenvalue weighted by Gasteiger charge is -2.20. The van der Waals surface area contributed by atoms with Gasteiger partial charge in [-0.15, -0.1) is 0 Å². The minimum atomic E-state index is 0.103. The minimum absolute atomic E-state index is 0.103. The third kappa shape index (κ3) is 1.64. The van der Waals surface area contributed by atoms with Crippen LogP contribution in [0.1, 0.15) is 18.6 Å². The van der Waals surface area contributed by atoms with E-state index in [2.05, 4.69) is 25.1 Å². The monoisotopic (exact) mass is 172 g/mol. The third-order valence-electron chi connectivity index (χ3n) is 2.17. The predicted octanol–water partition coefficient (Wildman–Crippen LogP) is 3.22. The SMILES string of the molecule is CC1=CC=COC1c1ccccc1. The molecule has 1 atom stereocenters. The Balaban J connectivity index is 2.28. The third-order valence-corrected chi connectivity index (χ3v) is 2.17. The summed E-state index contributed by atoms with van der Waals surface area (Å²) in [6.45, 7) is 2.08. The lowest BCUT2D eigenvalue weighted by molar-refractivity contribution is 0.175. The van der Waals surface area contributed by atoms with Gasteiger partial charge in [-0.3, -0.25) is 0 Å². The Morgan fingerprint density at radius 3 is 2.62 bits per heavy atom. The average molecular weight is 172 g/mol. The second kappa shape index (κ2) is 3.48. The molecule has 0 bridgehead atoms. The van der Waals surface area contributed by atoms with Gasteiger partial charge in [0.25, 0.3) is 0 Å². The van der Waals surface area contributed by atoms with E-state index in [4.69, 9.17) is 4.74 Å². The molecule has 0 amide bonds. The quantitative estimate of drug-likeness (QED) is 0.632. The molecule has 1 unspecified atom stereocenters. The Morgan fingerprint density at radius 1 is 1.15 bits per heavy atom. The maximum absolute atomic E-state index is 5.53. The second-order valence-corrected chi connectivity index (χ2v) is 3.17. The fourth-order valence-electron chi connectivity index (χ4n) is 1.48. The second-order valence-electron chi connectivity index (χ2n) is 3.17. The first kappa shape index (κ1) is 8.11. The van der Waals surface area contributed by atoms with Gasteiger partial charge in [-0.2, -0.15) is 0 Å². The molecule has 66 valence electrons. The van der Waals surface area contributed by atoms with Gasteiger partial charge in [0.05, 0.1) is 6.26 Å². The summed E-state index contributed by atoms with van der Waals surface area (Å²) in [5.74, 6) is 0. The molecule has 0 aromatic heterocycles. The smallest absolute Gasteiger partial charge is 0.144 e. The molecule has 1 aliphatic heterocycles. The van der Waals surface area contributed by atoms with E-state index in [1.807, 2.05) is 24.3 Å². The van der Waals surface area contributed by atoms with Crippen molar-refractivity contribution in [1.82, 2.24) is 0 Å². The van der Waals surface area contributed by atoms with Gasteiger partial charge >= 0.3 is 0 Å². The van der Waals surface area contributed by atoms with Crippen LogP contribution in [0.3, 0.4) is 0 Å². The molecule has 0 fully saturated rings. The number of hydrogen-bond donors (Lipinski definition) is 0. The Hall–Kier alpha value is -1.50. The van der Waals surface area contributed by atoms with E-state index < -0.39 is 0 Å². The van der Waals surface area contributed by atoms with E-state index in [0.29, 0.717) is 0 Å². The molecule has 0 saturated heterocycles. The van der Waals surface area contributed by atoms with Crippen LogP contribution in [0.2, 0.25) is 0 Å². The van der Waals surface area contributed by atoms with Gasteiger partial charge < -0.3 is 4.74 Å². The van der Waals surface area contributed by atoms with Crippen LogP contribution in [-0.2, 0) is 4.74 Å². The summed E-state index contributed by atoms with van der Waals surface area (Å²) >= 11 is 0.